The monoisotopic (exact) mass is 1090 g/mol. The van der Waals surface area contributed by atoms with Gasteiger partial charge in [-0.25, -0.2) is 0 Å². The average molecular weight is 1090 g/mol. The summed E-state index contributed by atoms with van der Waals surface area (Å²) >= 11 is 0. The average Bonchev–Trinajstić information content (AvgIpc) is 3.45. The molecule has 1 aliphatic heterocycles. The zero-order valence-electron chi connectivity index (χ0n) is 49.0. The molecule has 0 bridgehead atoms. The van der Waals surface area contributed by atoms with Crippen LogP contribution in [0.1, 0.15) is 226 Å². The van der Waals surface area contributed by atoms with E-state index in [0.717, 1.165) is 96.3 Å². The van der Waals surface area contributed by atoms with Crippen molar-refractivity contribution in [1.82, 2.24) is 5.32 Å². The van der Waals surface area contributed by atoms with E-state index in [1.165, 1.54) is 83.5 Å². The van der Waals surface area contributed by atoms with E-state index in [1.807, 2.05) is 66.8 Å². The molecule has 1 aliphatic rings. The standard InChI is InChI=1S/C67H111NO10/c1-4-7-10-13-16-19-22-25-27-29-30-31-33-34-36-39-42-45-48-51-54-60(71)66(75)68-58(59(70)53-50-47-44-41-38-24-21-18-15-12-9-6-3)57-76-67-65(64(74)63(73)61(56-69)77-67)78-62(72)55-52-49-46-43-40-37-35-32-28-26-23-20-17-14-11-8-5-2/h8,11,14,16-17,19-20,23,25-28,30-32,35,37,40,50,53,58-61,63-65,67,69-71,73-74H,4-7,9-10,12-13,15,18,21-22,24,29,33-34,36,38-39,41-49,51-52,54-57H2,1-3H3,(H,68,75)/b11-8-,17-14+,19-16-,23-20+,27-25-,28-26-,31-30-,35-32+,40-37+,53-50+. The van der Waals surface area contributed by atoms with Crippen molar-refractivity contribution in [2.75, 3.05) is 13.2 Å². The molecule has 8 atom stereocenters. The Hall–Kier alpha value is -3.94. The Morgan fingerprint density at radius 3 is 1.53 bits per heavy atom. The third-order valence-electron chi connectivity index (χ3n) is 13.8. The fraction of sp³-hybridized carbons (Fsp3) is 0.672. The third kappa shape index (κ3) is 41.1. The second kappa shape index (κ2) is 53.7. The molecule has 0 aromatic rings. The SMILES string of the molecule is CC\C=C/C=C/C=C/C=C\C=C\C=C\CCCCCC(=O)OC1C(OCC(NC(=O)C(O)CCCCCCCCC/C=C\C/C=C\C/C=C\CCCCC)C(O)/C=C/CCCCCCCCCCCC)OC(CO)C(O)C1O. The normalized spacial score (nSPS) is 19.8. The Bertz CT molecular complexity index is 1730. The van der Waals surface area contributed by atoms with Gasteiger partial charge in [-0.05, 0) is 83.5 Å². The summed E-state index contributed by atoms with van der Waals surface area (Å²) in [6.07, 6.45) is 63.7. The van der Waals surface area contributed by atoms with Crippen LogP contribution in [0, 0.1) is 0 Å². The number of carbonyl (C=O) groups is 2. The van der Waals surface area contributed by atoms with E-state index in [-0.39, 0.29) is 19.4 Å². The van der Waals surface area contributed by atoms with Gasteiger partial charge in [-0.3, -0.25) is 9.59 Å². The minimum absolute atomic E-state index is 0.0644. The summed E-state index contributed by atoms with van der Waals surface area (Å²) in [6, 6.07) is -1.05. The molecule has 1 fully saturated rings. The number of rotatable bonds is 50. The second-order valence-electron chi connectivity index (χ2n) is 20.9. The molecule has 0 aromatic carbocycles. The van der Waals surface area contributed by atoms with Gasteiger partial charge in [-0.15, -0.1) is 0 Å². The molecule has 0 aromatic heterocycles. The maximum atomic E-state index is 13.4. The summed E-state index contributed by atoms with van der Waals surface area (Å²) in [5, 5.41) is 57.0. The molecular weight excluding hydrogens is 979 g/mol. The molecule has 8 unspecified atom stereocenters. The van der Waals surface area contributed by atoms with Gasteiger partial charge in [0.15, 0.2) is 12.4 Å². The summed E-state index contributed by atoms with van der Waals surface area (Å²) < 4.78 is 17.6. The zero-order chi connectivity index (χ0) is 56.8. The van der Waals surface area contributed by atoms with Gasteiger partial charge in [0.2, 0.25) is 5.91 Å². The fourth-order valence-electron chi connectivity index (χ4n) is 8.86. The van der Waals surface area contributed by atoms with Crippen molar-refractivity contribution in [2.45, 2.75) is 275 Å². The highest BCUT2D eigenvalue weighted by atomic mass is 16.7. The number of allylic oxidation sites excluding steroid dienone is 19. The van der Waals surface area contributed by atoms with E-state index in [4.69, 9.17) is 14.2 Å². The Kier molecular flexibility index (Phi) is 49.6. The van der Waals surface area contributed by atoms with Gasteiger partial charge in [0.25, 0.3) is 0 Å². The lowest BCUT2D eigenvalue weighted by Gasteiger charge is -2.41. The quantitative estimate of drug-likeness (QED) is 0.0149. The van der Waals surface area contributed by atoms with Crippen LogP contribution in [-0.2, 0) is 23.8 Å². The van der Waals surface area contributed by atoms with E-state index in [9.17, 15) is 35.1 Å². The number of ether oxygens (including phenoxy) is 3. The summed E-state index contributed by atoms with van der Waals surface area (Å²) in [6.45, 7) is 5.57. The molecule has 6 N–H and O–H groups in total. The Balaban J connectivity index is 2.73. The van der Waals surface area contributed by atoms with Crippen molar-refractivity contribution in [2.24, 2.45) is 0 Å². The number of nitrogens with one attached hydrogen (secondary N) is 1. The molecule has 444 valence electrons. The van der Waals surface area contributed by atoms with Crippen molar-refractivity contribution in [3.8, 4) is 0 Å². The van der Waals surface area contributed by atoms with Gasteiger partial charge in [-0.1, -0.05) is 258 Å². The number of esters is 1. The van der Waals surface area contributed by atoms with Crippen molar-refractivity contribution >= 4 is 11.9 Å². The molecule has 11 heteroatoms. The number of hydrogen-bond acceptors (Lipinski definition) is 10. The molecule has 1 heterocycles. The van der Waals surface area contributed by atoms with E-state index in [1.54, 1.807) is 6.08 Å². The number of unbranched alkanes of at least 4 members (excludes halogenated alkanes) is 23. The van der Waals surface area contributed by atoms with Gasteiger partial charge in [-0.2, -0.15) is 0 Å². The fourth-order valence-corrected chi connectivity index (χ4v) is 8.86. The van der Waals surface area contributed by atoms with Gasteiger partial charge in [0.1, 0.15) is 24.4 Å². The van der Waals surface area contributed by atoms with Crippen LogP contribution in [0.15, 0.2) is 122 Å². The maximum Gasteiger partial charge on any atom is 0.306 e. The van der Waals surface area contributed by atoms with Crippen LogP contribution >= 0.6 is 0 Å². The van der Waals surface area contributed by atoms with Crippen LogP contribution < -0.4 is 5.32 Å². The smallest absolute Gasteiger partial charge is 0.306 e. The lowest BCUT2D eigenvalue weighted by molar-refractivity contribution is -0.305. The van der Waals surface area contributed by atoms with E-state index < -0.39 is 67.4 Å². The summed E-state index contributed by atoms with van der Waals surface area (Å²) in [5.74, 6) is -1.26. The molecule has 11 nitrogen and oxygen atoms in total. The van der Waals surface area contributed by atoms with Crippen LogP contribution in [0.3, 0.4) is 0 Å². The maximum absolute atomic E-state index is 13.4. The van der Waals surface area contributed by atoms with Crippen LogP contribution in [0.5, 0.6) is 0 Å². The van der Waals surface area contributed by atoms with Crippen molar-refractivity contribution in [3.63, 3.8) is 0 Å². The Morgan fingerprint density at radius 2 is 0.974 bits per heavy atom. The first-order valence-corrected chi connectivity index (χ1v) is 30.9. The molecule has 0 saturated carbocycles. The summed E-state index contributed by atoms with van der Waals surface area (Å²) in [4.78, 5) is 26.5. The third-order valence-corrected chi connectivity index (χ3v) is 13.8. The minimum Gasteiger partial charge on any atom is -0.454 e. The van der Waals surface area contributed by atoms with E-state index >= 15 is 0 Å². The molecular formula is C67H111NO10. The first kappa shape index (κ1) is 72.1. The molecule has 78 heavy (non-hydrogen) atoms. The predicted molar refractivity (Wildman–Crippen MR) is 324 cm³/mol. The Labute approximate surface area is 474 Å². The second-order valence-corrected chi connectivity index (χ2v) is 20.9. The number of hydrogen-bond donors (Lipinski definition) is 6. The highest BCUT2D eigenvalue weighted by molar-refractivity contribution is 5.80. The van der Waals surface area contributed by atoms with Crippen molar-refractivity contribution in [1.29, 1.82) is 0 Å². The van der Waals surface area contributed by atoms with Crippen LogP contribution in [-0.4, -0.2) is 99.6 Å². The molecule has 1 saturated heterocycles. The first-order chi connectivity index (χ1) is 38.2. The van der Waals surface area contributed by atoms with Crippen molar-refractivity contribution in [3.05, 3.63) is 122 Å². The predicted octanol–water partition coefficient (Wildman–Crippen LogP) is 14.7. The minimum atomic E-state index is -1.64. The molecule has 1 amide bonds. The summed E-state index contributed by atoms with van der Waals surface area (Å²) in [5.41, 5.74) is 0. The van der Waals surface area contributed by atoms with Gasteiger partial charge < -0.3 is 45.1 Å². The highest BCUT2D eigenvalue weighted by Gasteiger charge is 2.47. The molecule has 0 radical (unpaired) electrons. The first-order valence-electron chi connectivity index (χ1n) is 30.9. The van der Waals surface area contributed by atoms with Gasteiger partial charge in [0, 0.05) is 6.42 Å². The Morgan fingerprint density at radius 1 is 0.526 bits per heavy atom. The lowest BCUT2D eigenvalue weighted by Crippen LogP contribution is -2.61. The van der Waals surface area contributed by atoms with Gasteiger partial charge in [0.05, 0.1) is 25.4 Å². The van der Waals surface area contributed by atoms with E-state index in [2.05, 4.69) is 74.7 Å². The topological polar surface area (TPSA) is 175 Å². The molecule has 1 rings (SSSR count). The summed E-state index contributed by atoms with van der Waals surface area (Å²) in [7, 11) is 0. The van der Waals surface area contributed by atoms with E-state index in [0.29, 0.717) is 12.8 Å². The lowest BCUT2D eigenvalue weighted by atomic mass is 9.99. The van der Waals surface area contributed by atoms with Crippen LogP contribution in [0.4, 0.5) is 0 Å². The number of amides is 1. The number of aliphatic hydroxyl groups is 5. The molecule has 0 spiro atoms. The van der Waals surface area contributed by atoms with Gasteiger partial charge >= 0.3 is 5.97 Å². The zero-order valence-corrected chi connectivity index (χ0v) is 49.0. The number of carbonyl (C=O) groups excluding carboxylic acids is 2. The molecule has 0 aliphatic carbocycles. The van der Waals surface area contributed by atoms with Crippen LogP contribution in [0.2, 0.25) is 0 Å². The number of aliphatic hydroxyl groups excluding tert-OH is 5. The highest BCUT2D eigenvalue weighted by Crippen LogP contribution is 2.26. The van der Waals surface area contributed by atoms with Crippen molar-refractivity contribution < 1.29 is 49.3 Å². The largest absolute Gasteiger partial charge is 0.454 e. The van der Waals surface area contributed by atoms with Crippen LogP contribution in [0.25, 0.3) is 0 Å².